The van der Waals surface area contributed by atoms with Crippen LogP contribution < -0.4 is 5.43 Å². The lowest BCUT2D eigenvalue weighted by Crippen LogP contribution is -2.85. The van der Waals surface area contributed by atoms with E-state index in [9.17, 15) is 8.42 Å². The van der Waals surface area contributed by atoms with Crippen molar-refractivity contribution >= 4 is 15.5 Å². The van der Waals surface area contributed by atoms with Crippen LogP contribution in [-0.4, -0.2) is 31.7 Å². The first-order valence-corrected chi connectivity index (χ1v) is 5.86. The first-order chi connectivity index (χ1) is 5.49. The van der Waals surface area contributed by atoms with Crippen LogP contribution >= 0.6 is 0 Å². The van der Waals surface area contributed by atoms with Gasteiger partial charge in [-0.1, -0.05) is 5.10 Å². The number of hydrogen-bond donors (Lipinski definition) is 1. The molecule has 0 amide bonds. The lowest BCUT2D eigenvalue weighted by Gasteiger charge is -1.99. The van der Waals surface area contributed by atoms with E-state index in [1.165, 1.54) is 0 Å². The highest BCUT2D eigenvalue weighted by Crippen LogP contribution is 2.07. The van der Waals surface area contributed by atoms with Crippen molar-refractivity contribution in [2.75, 3.05) is 11.5 Å². The Balaban J connectivity index is 2.44. The molecule has 0 spiro atoms. The fourth-order valence-electron chi connectivity index (χ4n) is 1.20. The zero-order chi connectivity index (χ0) is 9.19. The lowest BCUT2D eigenvalue weighted by molar-refractivity contribution is -0.690. The molecule has 0 aromatic rings. The zero-order valence-corrected chi connectivity index (χ0v) is 8.26. The molecule has 0 saturated carbocycles. The number of nitrogens with two attached hydrogens (primary N) is 1. The van der Waals surface area contributed by atoms with Crippen molar-refractivity contribution in [2.45, 2.75) is 26.3 Å². The van der Waals surface area contributed by atoms with E-state index in [1.807, 2.05) is 13.8 Å². The summed E-state index contributed by atoms with van der Waals surface area (Å²) < 4.78 is 22.0. The van der Waals surface area contributed by atoms with E-state index < -0.39 is 9.84 Å². The molecule has 1 unspecified atom stereocenters. The molecule has 0 bridgehead atoms. The number of sulfone groups is 1. The van der Waals surface area contributed by atoms with Crippen molar-refractivity contribution < 1.29 is 13.8 Å². The van der Waals surface area contributed by atoms with Gasteiger partial charge < -0.3 is 0 Å². The molecule has 4 nitrogen and oxygen atoms in total. The third-order valence-corrected chi connectivity index (χ3v) is 3.60. The molecule has 1 aliphatic rings. The molecule has 0 aliphatic carbocycles. The second-order valence-corrected chi connectivity index (χ2v) is 5.62. The van der Waals surface area contributed by atoms with Crippen LogP contribution in [0.2, 0.25) is 0 Å². The number of hydrogen-bond acceptors (Lipinski definition) is 3. The van der Waals surface area contributed by atoms with Crippen LogP contribution in [0, 0.1) is 0 Å². The van der Waals surface area contributed by atoms with Gasteiger partial charge in [0.15, 0.2) is 9.84 Å². The van der Waals surface area contributed by atoms with Crippen LogP contribution in [0.1, 0.15) is 20.3 Å². The average Bonchev–Trinajstić information content (AvgIpc) is 2.26. The maximum absolute atomic E-state index is 11.0. The second-order valence-electron chi connectivity index (χ2n) is 3.39. The summed E-state index contributed by atoms with van der Waals surface area (Å²) in [5.74, 6) is 0.607. The van der Waals surface area contributed by atoms with Crippen LogP contribution in [-0.2, 0) is 9.84 Å². The fourth-order valence-corrected chi connectivity index (χ4v) is 2.93. The molecule has 12 heavy (non-hydrogen) atoms. The van der Waals surface area contributed by atoms with E-state index in [0.717, 1.165) is 12.1 Å². The summed E-state index contributed by atoms with van der Waals surface area (Å²) in [6.07, 6.45) is 0.735. The minimum atomic E-state index is -2.74. The van der Waals surface area contributed by atoms with Gasteiger partial charge in [0.25, 0.3) is 0 Å². The van der Waals surface area contributed by atoms with Gasteiger partial charge in [-0.05, 0) is 13.8 Å². The maximum atomic E-state index is 11.0. The summed E-state index contributed by atoms with van der Waals surface area (Å²) in [6, 6.07) is 0.143. The monoisotopic (exact) mass is 191 g/mol. The summed E-state index contributed by atoms with van der Waals surface area (Å²) in [7, 11) is -2.74. The molecule has 1 saturated heterocycles. The van der Waals surface area contributed by atoms with Gasteiger partial charge in [0.2, 0.25) is 0 Å². The van der Waals surface area contributed by atoms with Gasteiger partial charge in [0.1, 0.15) is 11.8 Å². The topological polar surface area (TPSA) is 63.1 Å². The van der Waals surface area contributed by atoms with Gasteiger partial charge in [-0.2, -0.15) is 0 Å². The molecule has 1 atom stereocenters. The van der Waals surface area contributed by atoms with E-state index in [2.05, 4.69) is 5.10 Å². The Bertz CT molecular complexity index is 278. The third-order valence-electron chi connectivity index (χ3n) is 1.81. The molecule has 0 aromatic carbocycles. The van der Waals surface area contributed by atoms with Crippen molar-refractivity contribution in [3.8, 4) is 0 Å². The van der Waals surface area contributed by atoms with Crippen molar-refractivity contribution in [1.29, 1.82) is 0 Å². The van der Waals surface area contributed by atoms with E-state index >= 15 is 0 Å². The fraction of sp³-hybridized carbons (Fsp3) is 0.857. The SMILES string of the molecule is CC(C)=N[NH2+]C1CCS(=O)(=O)C1. The molecular weight excluding hydrogens is 176 g/mol. The molecule has 0 radical (unpaired) electrons. The average molecular weight is 191 g/mol. The molecular formula is C7H15N2O2S+. The third kappa shape index (κ3) is 2.91. The van der Waals surface area contributed by atoms with Crippen molar-refractivity contribution in [3.63, 3.8) is 0 Å². The van der Waals surface area contributed by atoms with Crippen LogP contribution in [0.15, 0.2) is 5.10 Å². The van der Waals surface area contributed by atoms with Gasteiger partial charge >= 0.3 is 0 Å². The van der Waals surface area contributed by atoms with E-state index in [-0.39, 0.29) is 11.8 Å². The van der Waals surface area contributed by atoms with Crippen molar-refractivity contribution in [1.82, 2.24) is 0 Å². The van der Waals surface area contributed by atoms with Gasteiger partial charge in [0, 0.05) is 6.42 Å². The molecule has 1 rings (SSSR count). The first-order valence-electron chi connectivity index (χ1n) is 4.04. The van der Waals surface area contributed by atoms with Crippen molar-refractivity contribution in [2.24, 2.45) is 5.10 Å². The predicted molar refractivity (Wildman–Crippen MR) is 47.8 cm³/mol. The Morgan fingerprint density at radius 1 is 1.50 bits per heavy atom. The number of quaternary nitrogens is 1. The standard InChI is InChI=1S/C7H14N2O2S/c1-6(2)8-9-7-3-4-12(10,11)5-7/h7,9H,3-5H2,1-2H3/p+1. The summed E-state index contributed by atoms with van der Waals surface area (Å²) >= 11 is 0. The Hall–Kier alpha value is -0.420. The molecule has 1 aliphatic heterocycles. The largest absolute Gasteiger partial charge is 0.229 e. The zero-order valence-electron chi connectivity index (χ0n) is 7.45. The summed E-state index contributed by atoms with van der Waals surface area (Å²) in [5.41, 5.74) is 2.74. The highest BCUT2D eigenvalue weighted by Gasteiger charge is 2.30. The van der Waals surface area contributed by atoms with Crippen LogP contribution in [0.5, 0.6) is 0 Å². The molecule has 5 heteroatoms. The molecule has 0 aromatic heterocycles. The maximum Gasteiger partial charge on any atom is 0.156 e. The first kappa shape index (κ1) is 9.67. The smallest absolute Gasteiger partial charge is 0.156 e. The molecule has 2 N–H and O–H groups in total. The lowest BCUT2D eigenvalue weighted by atomic mass is 10.3. The second kappa shape index (κ2) is 3.53. The predicted octanol–water partition coefficient (Wildman–Crippen LogP) is -0.867. The normalized spacial score (nSPS) is 27.0. The van der Waals surface area contributed by atoms with Gasteiger partial charge in [-0.3, -0.25) is 0 Å². The van der Waals surface area contributed by atoms with Crippen molar-refractivity contribution in [3.05, 3.63) is 0 Å². The molecule has 1 fully saturated rings. The quantitative estimate of drug-likeness (QED) is 0.350. The van der Waals surface area contributed by atoms with Crippen LogP contribution in [0.3, 0.4) is 0 Å². The number of nitrogens with zero attached hydrogens (tertiary/aromatic N) is 1. The van der Waals surface area contributed by atoms with Crippen LogP contribution in [0.25, 0.3) is 0 Å². The van der Waals surface area contributed by atoms with E-state index in [1.54, 1.807) is 5.43 Å². The highest BCUT2D eigenvalue weighted by molar-refractivity contribution is 7.91. The minimum Gasteiger partial charge on any atom is -0.229 e. The Kier molecular flexibility index (Phi) is 2.85. The van der Waals surface area contributed by atoms with Gasteiger partial charge in [-0.25, -0.2) is 13.8 Å². The molecule has 1 heterocycles. The Morgan fingerprint density at radius 3 is 2.58 bits per heavy atom. The van der Waals surface area contributed by atoms with E-state index in [4.69, 9.17) is 0 Å². The van der Waals surface area contributed by atoms with Crippen LogP contribution in [0.4, 0.5) is 0 Å². The summed E-state index contributed by atoms with van der Waals surface area (Å²) in [6.45, 7) is 3.81. The Labute approximate surface area is 73.0 Å². The van der Waals surface area contributed by atoms with Gasteiger partial charge in [-0.15, -0.1) is 0 Å². The summed E-state index contributed by atoms with van der Waals surface area (Å²) in [5, 5.41) is 4.10. The number of rotatable bonds is 2. The van der Waals surface area contributed by atoms with Gasteiger partial charge in [0.05, 0.1) is 11.5 Å². The minimum absolute atomic E-state index is 0.143. The van der Waals surface area contributed by atoms with E-state index in [0.29, 0.717) is 5.75 Å². The highest BCUT2D eigenvalue weighted by atomic mass is 32.2. The summed E-state index contributed by atoms with van der Waals surface area (Å²) in [4.78, 5) is 0. The Morgan fingerprint density at radius 2 is 2.17 bits per heavy atom. The molecule has 70 valence electrons.